The number of hydrogen-bond acceptors (Lipinski definition) is 13. The highest BCUT2D eigenvalue weighted by Gasteiger charge is 2.51. The van der Waals surface area contributed by atoms with Crippen LogP contribution in [0.5, 0.6) is 0 Å². The molecule has 0 saturated carbocycles. The zero-order valence-electron chi connectivity index (χ0n) is 34.6. The smallest absolute Gasteiger partial charge is 0.420 e. The van der Waals surface area contributed by atoms with Gasteiger partial charge >= 0.3 is 18.0 Å². The maximum Gasteiger partial charge on any atom is 0.420 e. The van der Waals surface area contributed by atoms with Gasteiger partial charge in [-0.3, -0.25) is 14.4 Å². The minimum atomic E-state index is -1.61. The van der Waals surface area contributed by atoms with Crippen LogP contribution in [0.15, 0.2) is 60.7 Å². The fourth-order valence-corrected chi connectivity index (χ4v) is 7.80. The van der Waals surface area contributed by atoms with Crippen LogP contribution in [0.1, 0.15) is 91.4 Å². The molecule has 2 aliphatic heterocycles. The minimum absolute atomic E-state index is 0.0807. The van der Waals surface area contributed by atoms with E-state index < -0.39 is 77.4 Å². The van der Waals surface area contributed by atoms with Crippen molar-refractivity contribution in [2.75, 3.05) is 21.2 Å². The van der Waals surface area contributed by atoms with E-state index >= 15 is 0 Å². The number of nitrogens with zero attached hydrogens (tertiary/aromatic N) is 3. The van der Waals surface area contributed by atoms with Crippen molar-refractivity contribution < 1.29 is 52.4 Å². The average Bonchev–Trinajstić information content (AvgIpc) is 3.73. The number of ketones is 2. The molecule has 0 amide bonds. The van der Waals surface area contributed by atoms with Crippen LogP contribution in [0, 0.1) is 17.8 Å². The normalized spacial score (nSPS) is 33.6. The molecule has 0 bridgehead atoms. The quantitative estimate of drug-likeness (QED) is 0.170. The maximum atomic E-state index is 14.5. The summed E-state index contributed by atoms with van der Waals surface area (Å²) in [5.74, 6) is -5.18. The highest BCUT2D eigenvalue weighted by atomic mass is 16.7. The molecule has 11 atom stereocenters. The molecule has 1 aromatic carbocycles. The molecule has 0 unspecified atom stereocenters. The second-order valence-corrected chi connectivity index (χ2v) is 15.7. The SMILES string of the molecule is CCC1=C[C@](C)(OC(=O)n2ccnc2)[C@@H](CC)OC(=O)[C@H](C)C(=O)[C@H](C)[C@@H](O[C@@H]2O[C@H](C)C[C@H](N(C)C)[C@H]2OC(=O)c2ccccc2)[C@@](C)(OC)C[C@@H](C)C1=O. The topological polar surface area (TPSA) is 162 Å². The van der Waals surface area contributed by atoms with E-state index in [-0.39, 0.29) is 37.2 Å². The Morgan fingerprint density at radius 2 is 1.71 bits per heavy atom. The molecule has 0 aliphatic carbocycles. The van der Waals surface area contributed by atoms with Gasteiger partial charge in [-0.15, -0.1) is 0 Å². The Labute approximate surface area is 330 Å². The molecule has 0 spiro atoms. The number of rotatable bonds is 9. The van der Waals surface area contributed by atoms with Crippen LogP contribution in [0.25, 0.3) is 0 Å². The summed E-state index contributed by atoms with van der Waals surface area (Å²) >= 11 is 0. The first kappa shape index (κ1) is 44.5. The number of cyclic esters (lactones) is 1. The van der Waals surface area contributed by atoms with Crippen LogP contribution >= 0.6 is 0 Å². The summed E-state index contributed by atoms with van der Waals surface area (Å²) in [6.45, 7) is 13.6. The Morgan fingerprint density at radius 1 is 1.04 bits per heavy atom. The largest absolute Gasteiger partial charge is 0.457 e. The van der Waals surface area contributed by atoms with Crippen molar-refractivity contribution in [2.45, 2.75) is 129 Å². The number of imidazole rings is 1. The van der Waals surface area contributed by atoms with Crippen LogP contribution in [-0.2, 0) is 42.8 Å². The third-order valence-corrected chi connectivity index (χ3v) is 11.1. The predicted molar refractivity (Wildman–Crippen MR) is 206 cm³/mol. The number of carbonyl (C=O) groups is 5. The van der Waals surface area contributed by atoms with Crippen molar-refractivity contribution in [1.82, 2.24) is 14.5 Å². The van der Waals surface area contributed by atoms with E-state index in [1.807, 2.05) is 32.8 Å². The molecule has 1 aromatic heterocycles. The van der Waals surface area contributed by atoms with E-state index in [4.69, 9.17) is 28.4 Å². The first-order chi connectivity index (χ1) is 26.4. The Balaban J connectivity index is 1.80. The summed E-state index contributed by atoms with van der Waals surface area (Å²) in [6.07, 6.45) is 1.33. The van der Waals surface area contributed by atoms with Gasteiger partial charge in [0, 0.05) is 31.3 Å². The number of ether oxygens (including phenoxy) is 6. The molecule has 2 aliphatic rings. The lowest BCUT2D eigenvalue weighted by Gasteiger charge is -2.47. The number of hydrogen-bond donors (Lipinski definition) is 0. The summed E-state index contributed by atoms with van der Waals surface area (Å²) in [5.41, 5.74) is -2.23. The average molecular weight is 782 g/mol. The molecule has 14 nitrogen and oxygen atoms in total. The van der Waals surface area contributed by atoms with Crippen LogP contribution < -0.4 is 0 Å². The van der Waals surface area contributed by atoms with Gasteiger partial charge < -0.3 is 33.3 Å². The second-order valence-electron chi connectivity index (χ2n) is 15.7. The second kappa shape index (κ2) is 18.8. The van der Waals surface area contributed by atoms with Gasteiger partial charge in [-0.2, -0.15) is 0 Å². The third kappa shape index (κ3) is 10.0. The molecule has 0 radical (unpaired) electrons. The van der Waals surface area contributed by atoms with Crippen molar-refractivity contribution in [2.24, 2.45) is 17.8 Å². The monoisotopic (exact) mass is 781 g/mol. The number of esters is 2. The van der Waals surface area contributed by atoms with Gasteiger partial charge in [-0.05, 0) is 91.3 Å². The van der Waals surface area contributed by atoms with Crippen molar-refractivity contribution in [3.63, 3.8) is 0 Å². The van der Waals surface area contributed by atoms with Crippen molar-refractivity contribution in [3.8, 4) is 0 Å². The number of benzene rings is 1. The Bertz CT molecular complexity index is 1710. The van der Waals surface area contributed by atoms with E-state index in [0.717, 1.165) is 4.57 Å². The van der Waals surface area contributed by atoms with Gasteiger partial charge in [-0.25, -0.2) is 19.1 Å². The number of methoxy groups -OCH3 is 1. The maximum absolute atomic E-state index is 14.5. The third-order valence-electron chi connectivity index (χ3n) is 11.1. The minimum Gasteiger partial charge on any atom is -0.457 e. The van der Waals surface area contributed by atoms with Gasteiger partial charge in [0.15, 0.2) is 29.6 Å². The van der Waals surface area contributed by atoms with Gasteiger partial charge in [0.1, 0.15) is 18.3 Å². The Morgan fingerprint density at radius 3 is 2.29 bits per heavy atom. The molecule has 2 aromatic rings. The predicted octanol–water partition coefficient (Wildman–Crippen LogP) is 5.82. The number of carbonyl (C=O) groups excluding carboxylic acids is 5. The standard InChI is InChI=1S/C42H59N3O11/c1-12-29-23-41(7,56-40(50)45-20-19-43-24-45)32(13-2)53-37(48)28(6)34(47)27(5)36(42(8,51-11)22-25(3)33(29)46)55-39-35(31(44(9)10)21-26(4)52-39)54-38(49)30-17-15-14-16-18-30/h14-20,23-28,31-32,35-36,39H,12-13,21-22H2,1-11H3/t25-,26-,27+,28-,31+,32-,35-,36-,39+,41+,42+/m1/s1. The van der Waals surface area contributed by atoms with E-state index in [9.17, 15) is 24.0 Å². The van der Waals surface area contributed by atoms with Crippen molar-refractivity contribution in [3.05, 3.63) is 66.3 Å². The fourth-order valence-electron chi connectivity index (χ4n) is 7.80. The van der Waals surface area contributed by atoms with E-state index in [1.165, 1.54) is 32.8 Å². The van der Waals surface area contributed by atoms with Crippen LogP contribution in [0.4, 0.5) is 4.79 Å². The first-order valence-electron chi connectivity index (χ1n) is 19.4. The molecule has 4 rings (SSSR count). The molecule has 3 heterocycles. The summed E-state index contributed by atoms with van der Waals surface area (Å²) in [7, 11) is 5.23. The Kier molecular flexibility index (Phi) is 14.9. The summed E-state index contributed by atoms with van der Waals surface area (Å²) in [4.78, 5) is 75.4. The highest BCUT2D eigenvalue weighted by Crippen LogP contribution is 2.38. The van der Waals surface area contributed by atoms with Gasteiger partial charge in [0.05, 0.1) is 29.4 Å². The number of allylic oxidation sites excluding steroid dienone is 1. The lowest BCUT2D eigenvalue weighted by Crippen LogP contribution is -2.60. The number of Topliss-reactive ketones (excluding diaryl/α,β-unsaturated/α-hetero) is 2. The van der Waals surface area contributed by atoms with Crippen LogP contribution in [0.2, 0.25) is 0 Å². The summed E-state index contributed by atoms with van der Waals surface area (Å²) in [6, 6.07) is 8.26. The molecule has 1 saturated heterocycles. The van der Waals surface area contributed by atoms with Gasteiger partial charge in [0.25, 0.3) is 0 Å². The van der Waals surface area contributed by atoms with Crippen molar-refractivity contribution in [1.29, 1.82) is 0 Å². The molecule has 14 heteroatoms. The van der Waals surface area contributed by atoms with Crippen LogP contribution in [-0.4, -0.2) is 113 Å². The Hall–Kier alpha value is -4.24. The zero-order chi connectivity index (χ0) is 41.5. The lowest BCUT2D eigenvalue weighted by molar-refractivity contribution is -0.294. The highest BCUT2D eigenvalue weighted by molar-refractivity contribution is 6.00. The lowest BCUT2D eigenvalue weighted by atomic mass is 9.76. The summed E-state index contributed by atoms with van der Waals surface area (Å²) in [5, 5.41) is 0. The van der Waals surface area contributed by atoms with Crippen molar-refractivity contribution >= 4 is 29.6 Å². The zero-order valence-corrected chi connectivity index (χ0v) is 34.6. The van der Waals surface area contributed by atoms with Crippen LogP contribution in [0.3, 0.4) is 0 Å². The number of likely N-dealkylation sites (N-methyl/N-ethyl adjacent to an activating group) is 1. The first-order valence-corrected chi connectivity index (χ1v) is 19.4. The van der Waals surface area contributed by atoms with E-state index in [1.54, 1.807) is 71.0 Å². The molecular formula is C42H59N3O11. The molecule has 1 fully saturated rings. The molecule has 0 N–H and O–H groups in total. The fraction of sp³-hybridized carbons (Fsp3) is 0.619. The molecule has 308 valence electrons. The van der Waals surface area contributed by atoms with E-state index in [2.05, 4.69) is 4.98 Å². The number of aromatic nitrogens is 2. The molecular weight excluding hydrogens is 722 g/mol. The molecule has 56 heavy (non-hydrogen) atoms. The van der Waals surface area contributed by atoms with Gasteiger partial charge in [0.2, 0.25) is 0 Å². The van der Waals surface area contributed by atoms with E-state index in [0.29, 0.717) is 17.6 Å². The summed E-state index contributed by atoms with van der Waals surface area (Å²) < 4.78 is 38.7. The van der Waals surface area contributed by atoms with Gasteiger partial charge in [-0.1, -0.05) is 45.9 Å².